The quantitative estimate of drug-likeness (QED) is 0.521. The summed E-state index contributed by atoms with van der Waals surface area (Å²) < 4.78 is 5.01. The van der Waals surface area contributed by atoms with E-state index in [4.69, 9.17) is 3.32 Å². The Balaban J connectivity index is 3.14. The van der Waals surface area contributed by atoms with Gasteiger partial charge in [0, 0.05) is 0 Å². The normalized spacial score (nSPS) is 14.7. The molecule has 0 bridgehead atoms. The Hall–Kier alpha value is 0.674. The van der Waals surface area contributed by atoms with Crippen LogP contribution < -0.4 is 0 Å². The average molecular weight is 135 g/mol. The second-order valence-electron chi connectivity index (χ2n) is 2.07. The van der Waals surface area contributed by atoms with Crippen LogP contribution in [0.25, 0.3) is 0 Å². The van der Waals surface area contributed by atoms with E-state index >= 15 is 0 Å². The minimum atomic E-state index is 0.403. The molecule has 1 atom stereocenters. The molecule has 1 nitrogen and oxygen atoms in total. The van der Waals surface area contributed by atoms with Gasteiger partial charge in [0.2, 0.25) is 0 Å². The van der Waals surface area contributed by atoms with E-state index in [2.05, 4.69) is 20.8 Å². The molecule has 0 spiro atoms. The van der Waals surface area contributed by atoms with Gasteiger partial charge in [-0.3, -0.25) is 0 Å². The molecule has 0 aromatic rings. The molecule has 0 aromatic carbocycles. The molecule has 0 aromatic heterocycles. The summed E-state index contributed by atoms with van der Waals surface area (Å²) in [5.74, 6) is 0.644. The second kappa shape index (κ2) is 3.65. The zero-order valence-electron chi connectivity index (χ0n) is 5.06. The summed E-state index contributed by atoms with van der Waals surface area (Å²) in [5.41, 5.74) is 0. The molecular formula is C5H11OTi. The molecule has 7 heavy (non-hydrogen) atoms. The van der Waals surface area contributed by atoms with E-state index in [0.29, 0.717) is 12.0 Å². The van der Waals surface area contributed by atoms with Crippen LogP contribution in [0.5, 0.6) is 0 Å². The Kier molecular flexibility index (Phi) is 4.00. The fourth-order valence-corrected chi connectivity index (χ4v) is 0.561. The van der Waals surface area contributed by atoms with Gasteiger partial charge in [-0.1, -0.05) is 0 Å². The zero-order chi connectivity index (χ0) is 5.86. The van der Waals surface area contributed by atoms with Gasteiger partial charge in [-0.25, -0.2) is 0 Å². The third-order valence-electron chi connectivity index (χ3n) is 1.12. The van der Waals surface area contributed by atoms with E-state index in [9.17, 15) is 0 Å². The molecule has 0 amide bonds. The molecule has 0 saturated carbocycles. The van der Waals surface area contributed by atoms with Crippen LogP contribution >= 0.6 is 0 Å². The Labute approximate surface area is 57.3 Å². The maximum absolute atomic E-state index is 5.01. The summed E-state index contributed by atoms with van der Waals surface area (Å²) in [5, 5.41) is 0. The van der Waals surface area contributed by atoms with E-state index in [1.807, 2.05) is 0 Å². The first-order valence-electron chi connectivity index (χ1n) is 2.51. The fraction of sp³-hybridized carbons (Fsp3) is 1.00. The number of hydrogen-bond donors (Lipinski definition) is 0. The molecule has 0 saturated heterocycles. The van der Waals surface area contributed by atoms with Crippen molar-refractivity contribution in [3.8, 4) is 0 Å². The second-order valence-corrected chi connectivity index (χ2v) is 2.44. The summed E-state index contributed by atoms with van der Waals surface area (Å²) in [6, 6.07) is 0. The van der Waals surface area contributed by atoms with Crippen LogP contribution in [0.2, 0.25) is 0 Å². The number of rotatable bonds is 2. The molecule has 0 aliphatic carbocycles. The van der Waals surface area contributed by atoms with E-state index in [-0.39, 0.29) is 0 Å². The van der Waals surface area contributed by atoms with Crippen LogP contribution in [-0.2, 0) is 24.1 Å². The Morgan fingerprint density at radius 1 is 1.29 bits per heavy atom. The van der Waals surface area contributed by atoms with E-state index in [0.717, 1.165) is 0 Å². The molecule has 0 aliphatic rings. The summed E-state index contributed by atoms with van der Waals surface area (Å²) in [6.45, 7) is 6.37. The van der Waals surface area contributed by atoms with Crippen LogP contribution in [0.3, 0.4) is 0 Å². The molecule has 0 fully saturated rings. The molecule has 2 heteroatoms. The van der Waals surface area contributed by atoms with Crippen LogP contribution in [0.4, 0.5) is 0 Å². The molecule has 0 aliphatic heterocycles. The van der Waals surface area contributed by atoms with Crippen molar-refractivity contribution in [3.05, 3.63) is 0 Å². The average Bonchev–Trinajstić information content (AvgIpc) is 1.65. The van der Waals surface area contributed by atoms with Gasteiger partial charge >= 0.3 is 56.9 Å². The van der Waals surface area contributed by atoms with Gasteiger partial charge in [0.25, 0.3) is 0 Å². The molecule has 0 rings (SSSR count). The first-order valence-corrected chi connectivity index (χ1v) is 3.14. The summed E-state index contributed by atoms with van der Waals surface area (Å²) in [7, 11) is 0. The van der Waals surface area contributed by atoms with Crippen molar-refractivity contribution in [1.29, 1.82) is 0 Å². The van der Waals surface area contributed by atoms with Crippen molar-refractivity contribution >= 4 is 0 Å². The van der Waals surface area contributed by atoms with E-state index in [1.54, 1.807) is 20.8 Å². The summed E-state index contributed by atoms with van der Waals surface area (Å²) in [6.07, 6.45) is 0.403. The summed E-state index contributed by atoms with van der Waals surface area (Å²) >= 11 is 1.74. The fourth-order valence-electron chi connectivity index (χ4n) is 0.136. The Bertz CT molecular complexity index is 45.3. The standard InChI is InChI=1S/C5H11O.Ti/c1-4(2)5(3)6;/h4-5H,1-3H3;/q-1;+1. The monoisotopic (exact) mass is 135 g/mol. The van der Waals surface area contributed by atoms with Crippen LogP contribution in [0.15, 0.2) is 0 Å². The van der Waals surface area contributed by atoms with Gasteiger partial charge in [-0.05, 0) is 0 Å². The number of hydrogen-bond acceptors (Lipinski definition) is 1. The molecular weight excluding hydrogens is 124 g/mol. The first kappa shape index (κ1) is 7.67. The topological polar surface area (TPSA) is 9.23 Å². The SMILES string of the molecule is CC(C)C(C)[O][Ti]. The van der Waals surface area contributed by atoms with Crippen molar-refractivity contribution in [2.75, 3.05) is 0 Å². The molecule has 0 N–H and O–H groups in total. The van der Waals surface area contributed by atoms with Gasteiger partial charge in [0.1, 0.15) is 0 Å². The first-order chi connectivity index (χ1) is 3.18. The van der Waals surface area contributed by atoms with Gasteiger partial charge in [0.15, 0.2) is 0 Å². The molecule has 0 radical (unpaired) electrons. The van der Waals surface area contributed by atoms with Gasteiger partial charge in [-0.2, -0.15) is 0 Å². The third kappa shape index (κ3) is 3.27. The van der Waals surface area contributed by atoms with Crippen molar-refractivity contribution in [3.63, 3.8) is 0 Å². The van der Waals surface area contributed by atoms with Crippen molar-refractivity contribution in [2.45, 2.75) is 26.9 Å². The Morgan fingerprint density at radius 2 is 1.71 bits per heavy atom. The van der Waals surface area contributed by atoms with Crippen molar-refractivity contribution in [1.82, 2.24) is 0 Å². The van der Waals surface area contributed by atoms with Crippen molar-refractivity contribution in [2.24, 2.45) is 5.92 Å². The third-order valence-corrected chi connectivity index (χ3v) is 1.71. The van der Waals surface area contributed by atoms with E-state index in [1.165, 1.54) is 0 Å². The van der Waals surface area contributed by atoms with Crippen LogP contribution in [-0.4, -0.2) is 6.10 Å². The van der Waals surface area contributed by atoms with Gasteiger partial charge < -0.3 is 0 Å². The minimum absolute atomic E-state index is 0.403. The molecule has 1 unspecified atom stereocenters. The van der Waals surface area contributed by atoms with Crippen LogP contribution in [0, 0.1) is 5.92 Å². The van der Waals surface area contributed by atoms with Crippen molar-refractivity contribution < 1.29 is 24.1 Å². The summed E-state index contributed by atoms with van der Waals surface area (Å²) in [4.78, 5) is 0. The maximum atomic E-state index is 5.01. The predicted octanol–water partition coefficient (Wildman–Crippen LogP) is 1.51. The predicted molar refractivity (Wildman–Crippen MR) is 25.4 cm³/mol. The van der Waals surface area contributed by atoms with E-state index < -0.39 is 0 Å². The Morgan fingerprint density at radius 3 is 1.71 bits per heavy atom. The molecule has 41 valence electrons. The zero-order valence-corrected chi connectivity index (χ0v) is 6.62. The molecule has 0 heterocycles. The van der Waals surface area contributed by atoms with Gasteiger partial charge in [-0.15, -0.1) is 0 Å². The van der Waals surface area contributed by atoms with Crippen LogP contribution in [0.1, 0.15) is 20.8 Å². The van der Waals surface area contributed by atoms with Gasteiger partial charge in [0.05, 0.1) is 0 Å².